The van der Waals surface area contributed by atoms with E-state index in [1.165, 1.54) is 11.9 Å². The van der Waals surface area contributed by atoms with Crippen molar-refractivity contribution in [3.05, 3.63) is 35.9 Å². The van der Waals surface area contributed by atoms with Crippen molar-refractivity contribution in [2.75, 3.05) is 26.8 Å². The molecule has 0 saturated heterocycles. The van der Waals surface area contributed by atoms with E-state index in [4.69, 9.17) is 0 Å². The number of rotatable bonds is 7. The Balaban J connectivity index is 2.64. The van der Waals surface area contributed by atoms with Gasteiger partial charge in [-0.1, -0.05) is 25.1 Å². The molecule has 3 N–H and O–H groups in total. The lowest BCUT2D eigenvalue weighted by Gasteiger charge is -2.30. The maximum Gasteiger partial charge on any atom is 0.254 e. The minimum absolute atomic E-state index is 0.143. The van der Waals surface area contributed by atoms with Crippen LogP contribution in [0, 0.1) is 0 Å². The van der Waals surface area contributed by atoms with E-state index in [2.05, 4.69) is 5.32 Å². The molecule has 1 aromatic rings. The number of hydrogen-bond acceptors (Lipinski definition) is 4. The predicted molar refractivity (Wildman–Crippen MR) is 78.7 cm³/mol. The first kappa shape index (κ1) is 17.1. The Hall–Kier alpha value is -1.92. The molecule has 0 unspecified atom stereocenters. The summed E-state index contributed by atoms with van der Waals surface area (Å²) in [4.78, 5) is 25.3. The third-order valence-corrected chi connectivity index (χ3v) is 3.43. The van der Waals surface area contributed by atoms with Gasteiger partial charge in [-0.25, -0.2) is 0 Å². The van der Waals surface area contributed by atoms with Crippen LogP contribution in [0.5, 0.6) is 0 Å². The van der Waals surface area contributed by atoms with E-state index in [1.54, 1.807) is 31.2 Å². The number of carbonyl (C=O) groups is 2. The Morgan fingerprint density at radius 3 is 2.24 bits per heavy atom. The zero-order chi connectivity index (χ0) is 15.9. The second-order valence-electron chi connectivity index (χ2n) is 5.03. The quantitative estimate of drug-likeness (QED) is 0.661. The Kier molecular flexibility index (Phi) is 6.33. The fourth-order valence-electron chi connectivity index (χ4n) is 1.86. The van der Waals surface area contributed by atoms with Crippen LogP contribution in [0.15, 0.2) is 30.3 Å². The molecule has 0 aliphatic rings. The van der Waals surface area contributed by atoms with Crippen LogP contribution in [-0.4, -0.2) is 59.3 Å². The van der Waals surface area contributed by atoms with Gasteiger partial charge in [-0.15, -0.1) is 0 Å². The Morgan fingerprint density at radius 1 is 1.19 bits per heavy atom. The molecule has 0 saturated carbocycles. The molecule has 2 amide bonds. The first-order valence-electron chi connectivity index (χ1n) is 6.81. The van der Waals surface area contributed by atoms with Gasteiger partial charge >= 0.3 is 0 Å². The highest BCUT2D eigenvalue weighted by Crippen LogP contribution is 2.08. The number of carbonyl (C=O) groups excluding carboxylic acids is 2. The standard InChI is InChI=1S/C15H22N2O4/c1-3-15(10-18,11-19)16-13(20)9-17(2)14(21)12-7-5-4-6-8-12/h4-8,18-19H,3,9-11H2,1-2H3,(H,16,20). The van der Waals surface area contributed by atoms with E-state index >= 15 is 0 Å². The summed E-state index contributed by atoms with van der Waals surface area (Å²) in [5.41, 5.74) is -0.549. The third kappa shape index (κ3) is 4.54. The first-order valence-corrected chi connectivity index (χ1v) is 6.81. The van der Waals surface area contributed by atoms with Gasteiger partial charge in [0.15, 0.2) is 0 Å². The van der Waals surface area contributed by atoms with Gasteiger partial charge < -0.3 is 20.4 Å². The van der Waals surface area contributed by atoms with Crippen LogP contribution in [0.4, 0.5) is 0 Å². The molecule has 6 nitrogen and oxygen atoms in total. The van der Waals surface area contributed by atoms with Gasteiger partial charge in [-0.3, -0.25) is 9.59 Å². The van der Waals surface area contributed by atoms with Crippen molar-refractivity contribution >= 4 is 11.8 Å². The Labute approximate surface area is 124 Å². The largest absolute Gasteiger partial charge is 0.394 e. The van der Waals surface area contributed by atoms with Crippen molar-refractivity contribution in [3.8, 4) is 0 Å². The summed E-state index contributed by atoms with van der Waals surface area (Å²) in [5.74, 6) is -0.687. The predicted octanol–water partition coefficient (Wildman–Crippen LogP) is 0.00820. The highest BCUT2D eigenvalue weighted by Gasteiger charge is 2.29. The van der Waals surface area contributed by atoms with Gasteiger partial charge in [0.05, 0.1) is 25.3 Å². The average Bonchev–Trinajstić information content (AvgIpc) is 2.52. The minimum Gasteiger partial charge on any atom is -0.394 e. The van der Waals surface area contributed by atoms with E-state index in [-0.39, 0.29) is 25.7 Å². The van der Waals surface area contributed by atoms with E-state index in [1.807, 2.05) is 6.07 Å². The van der Waals surface area contributed by atoms with Crippen LogP contribution in [0.25, 0.3) is 0 Å². The number of amides is 2. The third-order valence-electron chi connectivity index (χ3n) is 3.43. The molecule has 1 rings (SSSR count). The molecule has 0 radical (unpaired) electrons. The number of hydrogen-bond donors (Lipinski definition) is 3. The maximum absolute atomic E-state index is 12.1. The van der Waals surface area contributed by atoms with Crippen LogP contribution in [0.3, 0.4) is 0 Å². The Morgan fingerprint density at radius 2 is 1.76 bits per heavy atom. The van der Waals surface area contributed by atoms with E-state index in [0.717, 1.165) is 0 Å². The summed E-state index contributed by atoms with van der Waals surface area (Å²) in [6.07, 6.45) is 0.391. The topological polar surface area (TPSA) is 89.9 Å². The van der Waals surface area contributed by atoms with Gasteiger partial charge in [0.25, 0.3) is 5.91 Å². The van der Waals surface area contributed by atoms with Crippen LogP contribution < -0.4 is 5.32 Å². The van der Waals surface area contributed by atoms with Gasteiger partial charge in [-0.05, 0) is 18.6 Å². The number of likely N-dealkylation sites (N-methyl/N-ethyl adjacent to an activating group) is 1. The first-order chi connectivity index (χ1) is 9.98. The summed E-state index contributed by atoms with van der Waals surface area (Å²) in [6, 6.07) is 8.66. The highest BCUT2D eigenvalue weighted by atomic mass is 16.3. The van der Waals surface area contributed by atoms with Crippen LogP contribution in [-0.2, 0) is 4.79 Å². The van der Waals surface area contributed by atoms with Crippen LogP contribution in [0.1, 0.15) is 23.7 Å². The van der Waals surface area contributed by atoms with Gasteiger partial charge in [0.1, 0.15) is 0 Å². The lowest BCUT2D eigenvalue weighted by molar-refractivity contribution is -0.125. The average molecular weight is 294 g/mol. The molecule has 0 atom stereocenters. The van der Waals surface area contributed by atoms with Crippen molar-refractivity contribution in [2.24, 2.45) is 0 Å². The van der Waals surface area contributed by atoms with Crippen molar-refractivity contribution in [1.82, 2.24) is 10.2 Å². The monoisotopic (exact) mass is 294 g/mol. The van der Waals surface area contributed by atoms with E-state index < -0.39 is 11.4 Å². The Bertz CT molecular complexity index is 464. The number of nitrogens with zero attached hydrogens (tertiary/aromatic N) is 1. The molecule has 0 heterocycles. The molecule has 21 heavy (non-hydrogen) atoms. The number of benzene rings is 1. The molecule has 1 aromatic carbocycles. The molecule has 0 bridgehead atoms. The molecule has 6 heteroatoms. The summed E-state index contributed by atoms with van der Waals surface area (Å²) in [5, 5.41) is 21.2. The van der Waals surface area contributed by atoms with Gasteiger partial charge in [0, 0.05) is 12.6 Å². The minimum atomic E-state index is -1.05. The van der Waals surface area contributed by atoms with Crippen molar-refractivity contribution < 1.29 is 19.8 Å². The fourth-order valence-corrected chi connectivity index (χ4v) is 1.86. The molecule has 0 aliphatic carbocycles. The summed E-state index contributed by atoms with van der Waals surface area (Å²) >= 11 is 0. The van der Waals surface area contributed by atoms with Gasteiger partial charge in [-0.2, -0.15) is 0 Å². The summed E-state index contributed by atoms with van der Waals surface area (Å²) < 4.78 is 0. The molecular formula is C15H22N2O4. The summed E-state index contributed by atoms with van der Waals surface area (Å²) in [7, 11) is 1.53. The SMILES string of the molecule is CCC(CO)(CO)NC(=O)CN(C)C(=O)c1ccccc1. The van der Waals surface area contributed by atoms with Crippen molar-refractivity contribution in [3.63, 3.8) is 0 Å². The van der Waals surface area contributed by atoms with Gasteiger partial charge in [0.2, 0.25) is 5.91 Å². The molecule has 0 spiro atoms. The fraction of sp³-hybridized carbons (Fsp3) is 0.467. The number of aliphatic hydroxyl groups is 2. The summed E-state index contributed by atoms with van der Waals surface area (Å²) in [6.45, 7) is 0.894. The number of aliphatic hydroxyl groups excluding tert-OH is 2. The lowest BCUT2D eigenvalue weighted by atomic mass is 9.98. The van der Waals surface area contributed by atoms with Crippen molar-refractivity contribution in [2.45, 2.75) is 18.9 Å². The second kappa shape index (κ2) is 7.75. The van der Waals surface area contributed by atoms with Crippen LogP contribution in [0.2, 0.25) is 0 Å². The molecule has 116 valence electrons. The zero-order valence-corrected chi connectivity index (χ0v) is 12.4. The normalized spacial score (nSPS) is 11.0. The van der Waals surface area contributed by atoms with Crippen molar-refractivity contribution in [1.29, 1.82) is 0 Å². The molecule has 0 fully saturated rings. The highest BCUT2D eigenvalue weighted by molar-refractivity contribution is 5.96. The van der Waals surface area contributed by atoms with E-state index in [0.29, 0.717) is 12.0 Å². The molecular weight excluding hydrogens is 272 g/mol. The zero-order valence-electron chi connectivity index (χ0n) is 12.4. The second-order valence-corrected chi connectivity index (χ2v) is 5.03. The molecule has 0 aromatic heterocycles. The van der Waals surface area contributed by atoms with Crippen LogP contribution >= 0.6 is 0 Å². The lowest BCUT2D eigenvalue weighted by Crippen LogP contribution is -2.56. The number of nitrogens with one attached hydrogen (secondary N) is 1. The van der Waals surface area contributed by atoms with E-state index in [9.17, 15) is 19.8 Å². The smallest absolute Gasteiger partial charge is 0.254 e. The molecule has 0 aliphatic heterocycles. The maximum atomic E-state index is 12.1.